The molecule has 150 valence electrons. The zero-order valence-electron chi connectivity index (χ0n) is 16.8. The number of aromatic nitrogens is 2. The van der Waals surface area contributed by atoms with Crippen molar-refractivity contribution >= 4 is 27.5 Å². The Bertz CT molecular complexity index is 970. The molecule has 4 aliphatic rings. The molecule has 0 aliphatic heterocycles. The summed E-state index contributed by atoms with van der Waals surface area (Å²) < 4.78 is 0. The van der Waals surface area contributed by atoms with Crippen LogP contribution in [-0.4, -0.2) is 40.4 Å². The van der Waals surface area contributed by atoms with Gasteiger partial charge in [0, 0.05) is 5.54 Å². The van der Waals surface area contributed by atoms with Crippen molar-refractivity contribution in [3.63, 3.8) is 0 Å². The number of carbonyl (C=O) groups is 1. The van der Waals surface area contributed by atoms with Crippen LogP contribution in [0.4, 0.5) is 0 Å². The minimum absolute atomic E-state index is 0.0176. The van der Waals surface area contributed by atoms with E-state index < -0.39 is 0 Å². The van der Waals surface area contributed by atoms with Crippen molar-refractivity contribution in [2.75, 3.05) is 14.1 Å². The van der Waals surface area contributed by atoms with E-state index in [0.29, 0.717) is 27.5 Å². The first-order chi connectivity index (χ1) is 13.3. The van der Waals surface area contributed by atoms with E-state index in [2.05, 4.69) is 15.3 Å². The standard InChI is InChI=1S/C21H28N4O2S/c1-11-16-18(26)22-15(10-25(2)3)23-20(16)28-17(11)19(27)24-21-7-12-4-13(8-21)6-14(5-12)9-21/h12-14H,4-10H2,1-3H3,(H,24,27)(H,22,23,26). The molecular weight excluding hydrogens is 372 g/mol. The number of aryl methyl sites for hydroxylation is 1. The SMILES string of the molecule is Cc1c(C(=O)NC23CC4CC(CC(C4)C2)C3)sc2nc(CN(C)C)[nH]c(=O)c12. The maximum Gasteiger partial charge on any atom is 0.262 e. The van der Waals surface area contributed by atoms with Gasteiger partial charge in [0.05, 0.1) is 16.8 Å². The van der Waals surface area contributed by atoms with Crippen LogP contribution in [0.2, 0.25) is 0 Å². The van der Waals surface area contributed by atoms with Crippen LogP contribution in [0, 0.1) is 24.7 Å². The fourth-order valence-corrected chi connectivity index (χ4v) is 7.44. The molecule has 7 heteroatoms. The van der Waals surface area contributed by atoms with Crippen LogP contribution in [0.1, 0.15) is 59.6 Å². The first-order valence-corrected chi connectivity index (χ1v) is 11.1. The van der Waals surface area contributed by atoms with Crippen molar-refractivity contribution in [3.05, 3.63) is 26.6 Å². The summed E-state index contributed by atoms with van der Waals surface area (Å²) in [6, 6.07) is 0. The lowest BCUT2D eigenvalue weighted by atomic mass is 9.53. The highest BCUT2D eigenvalue weighted by atomic mass is 32.1. The van der Waals surface area contributed by atoms with Crippen LogP contribution in [0.15, 0.2) is 4.79 Å². The fourth-order valence-electron chi connectivity index (χ4n) is 6.34. The average molecular weight is 401 g/mol. The maximum atomic E-state index is 13.2. The largest absolute Gasteiger partial charge is 0.346 e. The van der Waals surface area contributed by atoms with Crippen molar-refractivity contribution in [2.45, 2.75) is 57.5 Å². The lowest BCUT2D eigenvalue weighted by Crippen LogP contribution is -2.59. The van der Waals surface area contributed by atoms with Gasteiger partial charge in [-0.15, -0.1) is 11.3 Å². The Labute approximate surface area is 168 Å². The molecule has 6 rings (SSSR count). The number of aromatic amines is 1. The van der Waals surface area contributed by atoms with Gasteiger partial charge in [-0.2, -0.15) is 0 Å². The first kappa shape index (κ1) is 18.3. The van der Waals surface area contributed by atoms with Gasteiger partial charge in [-0.25, -0.2) is 4.98 Å². The molecule has 0 aromatic carbocycles. The minimum atomic E-state index is -0.149. The van der Waals surface area contributed by atoms with Crippen LogP contribution in [0.5, 0.6) is 0 Å². The highest BCUT2D eigenvalue weighted by Crippen LogP contribution is 2.55. The molecule has 2 heterocycles. The number of rotatable bonds is 4. The third kappa shape index (κ3) is 2.99. The van der Waals surface area contributed by atoms with E-state index in [0.717, 1.165) is 42.6 Å². The van der Waals surface area contributed by atoms with E-state index in [1.54, 1.807) is 0 Å². The van der Waals surface area contributed by atoms with Crippen LogP contribution < -0.4 is 10.9 Å². The van der Waals surface area contributed by atoms with Gasteiger partial charge in [-0.05, 0) is 82.9 Å². The lowest BCUT2D eigenvalue weighted by molar-refractivity contribution is -0.0166. The van der Waals surface area contributed by atoms with E-state index in [1.165, 1.54) is 30.6 Å². The predicted molar refractivity (Wildman–Crippen MR) is 111 cm³/mol. The molecule has 1 amide bonds. The zero-order valence-corrected chi connectivity index (χ0v) is 17.6. The van der Waals surface area contributed by atoms with Gasteiger partial charge in [-0.1, -0.05) is 0 Å². The molecular formula is C21H28N4O2S. The van der Waals surface area contributed by atoms with Gasteiger partial charge in [0.1, 0.15) is 10.7 Å². The van der Waals surface area contributed by atoms with E-state index in [9.17, 15) is 9.59 Å². The van der Waals surface area contributed by atoms with Gasteiger partial charge >= 0.3 is 0 Å². The Morgan fingerprint density at radius 3 is 2.39 bits per heavy atom. The van der Waals surface area contributed by atoms with Gasteiger partial charge in [-0.3, -0.25) is 9.59 Å². The van der Waals surface area contributed by atoms with Gasteiger partial charge in [0.2, 0.25) is 0 Å². The summed E-state index contributed by atoms with van der Waals surface area (Å²) in [6.45, 7) is 2.44. The number of thiophene rings is 1. The summed E-state index contributed by atoms with van der Waals surface area (Å²) >= 11 is 1.35. The summed E-state index contributed by atoms with van der Waals surface area (Å²) in [5.74, 6) is 2.97. The molecule has 2 N–H and O–H groups in total. The average Bonchev–Trinajstić information content (AvgIpc) is 2.89. The van der Waals surface area contributed by atoms with E-state index >= 15 is 0 Å². The second kappa shape index (κ2) is 6.39. The number of nitrogens with zero attached hydrogens (tertiary/aromatic N) is 2. The van der Waals surface area contributed by atoms with E-state index in [4.69, 9.17) is 0 Å². The van der Waals surface area contributed by atoms with E-state index in [-0.39, 0.29) is 17.0 Å². The Morgan fingerprint density at radius 2 is 1.82 bits per heavy atom. The fraction of sp³-hybridized carbons (Fsp3) is 0.667. The number of H-pyrrole nitrogens is 1. The van der Waals surface area contributed by atoms with Crippen molar-refractivity contribution in [3.8, 4) is 0 Å². The Hall–Kier alpha value is -1.73. The van der Waals surface area contributed by atoms with Crippen LogP contribution in [0.25, 0.3) is 10.2 Å². The van der Waals surface area contributed by atoms with Crippen molar-refractivity contribution in [1.29, 1.82) is 0 Å². The smallest absolute Gasteiger partial charge is 0.262 e. The summed E-state index contributed by atoms with van der Waals surface area (Å²) in [6.07, 6.45) is 7.43. The van der Waals surface area contributed by atoms with Gasteiger partial charge < -0.3 is 15.2 Å². The third-order valence-electron chi connectivity index (χ3n) is 6.94. The highest BCUT2D eigenvalue weighted by molar-refractivity contribution is 7.20. The predicted octanol–water partition coefficient (Wildman–Crippen LogP) is 3.05. The number of hydrogen-bond donors (Lipinski definition) is 2. The topological polar surface area (TPSA) is 78.1 Å². The second-order valence-corrected chi connectivity index (χ2v) is 10.6. The molecule has 4 bridgehead atoms. The number of carbonyl (C=O) groups excluding carboxylic acids is 1. The highest BCUT2D eigenvalue weighted by Gasteiger charge is 2.51. The molecule has 2 aromatic heterocycles. The van der Waals surface area contributed by atoms with Crippen LogP contribution >= 0.6 is 11.3 Å². The van der Waals surface area contributed by atoms with Crippen LogP contribution in [0.3, 0.4) is 0 Å². The zero-order chi connectivity index (χ0) is 19.6. The lowest BCUT2D eigenvalue weighted by Gasteiger charge is -2.56. The molecule has 0 radical (unpaired) electrons. The molecule has 4 fully saturated rings. The van der Waals surface area contributed by atoms with Gasteiger partial charge in [0.25, 0.3) is 11.5 Å². The van der Waals surface area contributed by atoms with Crippen molar-refractivity contribution < 1.29 is 4.79 Å². The second-order valence-electron chi connectivity index (χ2n) is 9.64. The third-order valence-corrected chi connectivity index (χ3v) is 8.12. The number of nitrogens with one attached hydrogen (secondary N) is 2. The quantitative estimate of drug-likeness (QED) is 0.827. The molecule has 0 saturated heterocycles. The molecule has 0 unspecified atom stereocenters. The van der Waals surface area contributed by atoms with Crippen molar-refractivity contribution in [2.24, 2.45) is 17.8 Å². The Balaban J connectivity index is 1.46. The summed E-state index contributed by atoms with van der Waals surface area (Å²) in [4.78, 5) is 36.6. The minimum Gasteiger partial charge on any atom is -0.346 e. The molecule has 0 atom stereocenters. The molecule has 4 saturated carbocycles. The first-order valence-electron chi connectivity index (χ1n) is 10.3. The monoisotopic (exact) mass is 400 g/mol. The Kier molecular flexibility index (Phi) is 4.18. The normalized spacial score (nSPS) is 31.1. The molecule has 4 aliphatic carbocycles. The number of fused-ring (bicyclic) bond motifs is 1. The number of hydrogen-bond acceptors (Lipinski definition) is 5. The summed E-state index contributed by atoms with van der Waals surface area (Å²) in [7, 11) is 3.88. The molecule has 6 nitrogen and oxygen atoms in total. The maximum absolute atomic E-state index is 13.2. The van der Waals surface area contributed by atoms with Gasteiger partial charge in [0.15, 0.2) is 0 Å². The molecule has 2 aromatic rings. The van der Waals surface area contributed by atoms with E-state index in [1.807, 2.05) is 25.9 Å². The summed E-state index contributed by atoms with van der Waals surface area (Å²) in [5, 5.41) is 3.99. The number of amides is 1. The molecule has 0 spiro atoms. The van der Waals surface area contributed by atoms with Crippen molar-refractivity contribution in [1.82, 2.24) is 20.2 Å². The van der Waals surface area contributed by atoms with Crippen LogP contribution in [-0.2, 0) is 6.54 Å². The Morgan fingerprint density at radius 1 is 1.21 bits per heavy atom. The molecule has 28 heavy (non-hydrogen) atoms. The summed E-state index contributed by atoms with van der Waals surface area (Å²) in [5.41, 5.74) is 0.585.